The van der Waals surface area contributed by atoms with Crippen LogP contribution in [0.3, 0.4) is 0 Å². The van der Waals surface area contributed by atoms with E-state index in [0.29, 0.717) is 17.4 Å². The van der Waals surface area contributed by atoms with Crippen molar-refractivity contribution in [3.63, 3.8) is 0 Å². The number of nitrogens with one attached hydrogen (secondary N) is 1. The van der Waals surface area contributed by atoms with E-state index in [-0.39, 0.29) is 24.5 Å². The molecule has 4 unspecified atom stereocenters. The number of pyridine rings is 1. The predicted octanol–water partition coefficient (Wildman–Crippen LogP) is 3.19. The van der Waals surface area contributed by atoms with Gasteiger partial charge in [0.05, 0.1) is 5.69 Å². The number of fused-ring (bicyclic) bond motifs is 2. The molecule has 1 heterocycles. The van der Waals surface area contributed by atoms with Gasteiger partial charge in [-0.15, -0.1) is 0 Å². The normalized spacial score (nSPS) is 27.4. The fraction of sp³-hybridized carbons (Fsp3) is 0.429. The number of nitrogens with zero attached hydrogens (tertiary/aromatic N) is 1. The molecule has 2 aromatic rings. The number of benzene rings is 1. The number of aromatic nitrogens is 1. The van der Waals surface area contributed by atoms with Gasteiger partial charge in [0.25, 0.3) is 5.91 Å². The Hall–Kier alpha value is -2.20. The molecule has 2 N–H and O–H groups in total. The van der Waals surface area contributed by atoms with Crippen LogP contribution in [0.4, 0.5) is 0 Å². The topological polar surface area (TPSA) is 62.2 Å². The third-order valence-electron chi connectivity index (χ3n) is 6.12. The first-order valence-electron chi connectivity index (χ1n) is 9.11. The van der Waals surface area contributed by atoms with Gasteiger partial charge < -0.3 is 10.4 Å². The maximum atomic E-state index is 12.9. The zero-order valence-electron chi connectivity index (χ0n) is 14.5. The van der Waals surface area contributed by atoms with Crippen molar-refractivity contribution in [2.45, 2.75) is 32.2 Å². The Labute approximate surface area is 148 Å². The maximum Gasteiger partial charge on any atom is 0.251 e. The average Bonchev–Trinajstić information content (AvgIpc) is 3.24. The van der Waals surface area contributed by atoms with E-state index in [0.717, 1.165) is 23.2 Å². The van der Waals surface area contributed by atoms with Gasteiger partial charge in [0, 0.05) is 35.9 Å². The van der Waals surface area contributed by atoms with Gasteiger partial charge in [0.1, 0.15) is 0 Å². The Bertz CT molecular complexity index is 775. The Morgan fingerprint density at radius 3 is 2.80 bits per heavy atom. The zero-order valence-corrected chi connectivity index (χ0v) is 14.5. The van der Waals surface area contributed by atoms with Crippen molar-refractivity contribution in [3.05, 3.63) is 53.7 Å². The molecule has 0 spiro atoms. The summed E-state index contributed by atoms with van der Waals surface area (Å²) in [7, 11) is 0. The van der Waals surface area contributed by atoms with Crippen molar-refractivity contribution in [3.8, 4) is 11.3 Å². The number of hydrogen-bond acceptors (Lipinski definition) is 3. The molecule has 0 radical (unpaired) electrons. The minimum Gasteiger partial charge on any atom is -0.396 e. The molecule has 130 valence electrons. The quantitative estimate of drug-likeness (QED) is 0.901. The fourth-order valence-corrected chi connectivity index (χ4v) is 4.81. The van der Waals surface area contributed by atoms with Crippen LogP contribution >= 0.6 is 0 Å². The molecule has 2 fully saturated rings. The number of amides is 1. The minimum atomic E-state index is -0.0359. The molecule has 2 aliphatic rings. The van der Waals surface area contributed by atoms with Crippen molar-refractivity contribution in [2.24, 2.45) is 17.8 Å². The van der Waals surface area contributed by atoms with Crippen LogP contribution in [0.25, 0.3) is 11.3 Å². The van der Waals surface area contributed by atoms with E-state index >= 15 is 0 Å². The summed E-state index contributed by atoms with van der Waals surface area (Å²) >= 11 is 0. The summed E-state index contributed by atoms with van der Waals surface area (Å²) in [5.74, 6) is 1.26. The highest BCUT2D eigenvalue weighted by Gasteiger charge is 2.47. The van der Waals surface area contributed by atoms with E-state index in [2.05, 4.69) is 10.3 Å². The molecule has 2 aliphatic carbocycles. The van der Waals surface area contributed by atoms with E-state index in [1.54, 1.807) is 6.20 Å². The van der Waals surface area contributed by atoms with E-state index in [1.165, 1.54) is 12.8 Å². The van der Waals surface area contributed by atoms with Gasteiger partial charge in [-0.25, -0.2) is 0 Å². The first-order chi connectivity index (χ1) is 12.2. The van der Waals surface area contributed by atoms with Crippen molar-refractivity contribution in [2.75, 3.05) is 6.61 Å². The van der Waals surface area contributed by atoms with Gasteiger partial charge >= 0.3 is 0 Å². The van der Waals surface area contributed by atoms with Gasteiger partial charge in [-0.1, -0.05) is 18.2 Å². The number of carbonyl (C=O) groups excluding carboxylic acids is 1. The van der Waals surface area contributed by atoms with Gasteiger partial charge in [-0.2, -0.15) is 0 Å². The third-order valence-corrected chi connectivity index (χ3v) is 6.12. The van der Waals surface area contributed by atoms with Crippen LogP contribution in [-0.4, -0.2) is 28.6 Å². The summed E-state index contributed by atoms with van der Waals surface area (Å²) in [6, 6.07) is 11.7. The second kappa shape index (κ2) is 6.60. The first kappa shape index (κ1) is 16.3. The molecule has 1 aromatic heterocycles. The Morgan fingerprint density at radius 1 is 1.20 bits per heavy atom. The first-order valence-corrected chi connectivity index (χ1v) is 9.11. The fourth-order valence-electron chi connectivity index (χ4n) is 4.81. The summed E-state index contributed by atoms with van der Waals surface area (Å²) in [5, 5.41) is 13.0. The molecular weight excluding hydrogens is 312 g/mol. The largest absolute Gasteiger partial charge is 0.396 e. The lowest BCUT2D eigenvalue weighted by atomic mass is 9.84. The van der Waals surface area contributed by atoms with Crippen molar-refractivity contribution < 1.29 is 9.90 Å². The second-order valence-electron chi connectivity index (χ2n) is 7.37. The molecule has 0 aliphatic heterocycles. The summed E-state index contributed by atoms with van der Waals surface area (Å²) in [6.07, 6.45) is 5.27. The Kier molecular flexibility index (Phi) is 4.30. The number of aliphatic hydroxyl groups excluding tert-OH is 1. The molecule has 0 saturated heterocycles. The lowest BCUT2D eigenvalue weighted by Crippen LogP contribution is -2.45. The van der Waals surface area contributed by atoms with E-state index in [4.69, 9.17) is 0 Å². The number of rotatable bonds is 4. The van der Waals surface area contributed by atoms with Gasteiger partial charge in [-0.3, -0.25) is 9.78 Å². The van der Waals surface area contributed by atoms with Crippen LogP contribution in [-0.2, 0) is 0 Å². The highest BCUT2D eigenvalue weighted by atomic mass is 16.3. The molecule has 25 heavy (non-hydrogen) atoms. The molecule has 2 bridgehead atoms. The van der Waals surface area contributed by atoms with E-state index in [9.17, 15) is 9.90 Å². The summed E-state index contributed by atoms with van der Waals surface area (Å²) in [6.45, 7) is 2.14. The molecule has 1 amide bonds. The molecule has 4 atom stereocenters. The summed E-state index contributed by atoms with van der Waals surface area (Å²) in [5.41, 5.74) is 3.51. The lowest BCUT2D eigenvalue weighted by Gasteiger charge is -2.30. The lowest BCUT2D eigenvalue weighted by molar-refractivity contribution is 0.0861. The van der Waals surface area contributed by atoms with Crippen molar-refractivity contribution in [1.29, 1.82) is 0 Å². The van der Waals surface area contributed by atoms with Crippen LogP contribution < -0.4 is 5.32 Å². The molecule has 4 nitrogen and oxygen atoms in total. The van der Waals surface area contributed by atoms with Crippen LogP contribution in [0.15, 0.2) is 42.6 Å². The monoisotopic (exact) mass is 336 g/mol. The standard InChI is InChI=1S/C21H24N2O2/c1-13-16(19-7-2-3-10-22-19)5-4-6-17(13)21(25)23-20-15-9-8-14(11-15)18(20)12-24/h2-7,10,14-15,18,20,24H,8-9,11-12H2,1H3,(H,23,25). The molecule has 4 heteroatoms. The van der Waals surface area contributed by atoms with Crippen LogP contribution in [0.1, 0.15) is 35.2 Å². The average molecular weight is 336 g/mol. The smallest absolute Gasteiger partial charge is 0.251 e. The zero-order chi connectivity index (χ0) is 17.4. The second-order valence-corrected chi connectivity index (χ2v) is 7.37. The van der Waals surface area contributed by atoms with Gasteiger partial charge in [0.2, 0.25) is 0 Å². The van der Waals surface area contributed by atoms with Gasteiger partial charge in [0.15, 0.2) is 0 Å². The van der Waals surface area contributed by atoms with Crippen LogP contribution in [0.5, 0.6) is 0 Å². The van der Waals surface area contributed by atoms with Crippen molar-refractivity contribution in [1.82, 2.24) is 10.3 Å². The van der Waals surface area contributed by atoms with E-state index in [1.807, 2.05) is 43.3 Å². The van der Waals surface area contributed by atoms with Crippen LogP contribution in [0, 0.1) is 24.7 Å². The SMILES string of the molecule is Cc1c(C(=O)NC2C3CCC(C3)C2CO)cccc1-c1ccccn1. The summed E-state index contributed by atoms with van der Waals surface area (Å²) < 4.78 is 0. The third kappa shape index (κ3) is 2.85. The number of carbonyl (C=O) groups is 1. The number of aliphatic hydroxyl groups is 1. The molecule has 4 rings (SSSR count). The minimum absolute atomic E-state index is 0.0359. The summed E-state index contributed by atoms with van der Waals surface area (Å²) in [4.78, 5) is 17.3. The molecule has 2 saturated carbocycles. The number of hydrogen-bond donors (Lipinski definition) is 2. The molecular formula is C21H24N2O2. The predicted molar refractivity (Wildman–Crippen MR) is 97.1 cm³/mol. The van der Waals surface area contributed by atoms with Crippen molar-refractivity contribution >= 4 is 5.91 Å². The van der Waals surface area contributed by atoms with Gasteiger partial charge in [-0.05, 0) is 61.8 Å². The maximum absolute atomic E-state index is 12.9. The Balaban J connectivity index is 1.59. The highest BCUT2D eigenvalue weighted by Crippen LogP contribution is 2.48. The highest BCUT2D eigenvalue weighted by molar-refractivity contribution is 5.97. The van der Waals surface area contributed by atoms with E-state index < -0.39 is 0 Å². The molecule has 1 aromatic carbocycles. The van der Waals surface area contributed by atoms with Crippen LogP contribution in [0.2, 0.25) is 0 Å². The Morgan fingerprint density at radius 2 is 2.04 bits per heavy atom.